The van der Waals surface area contributed by atoms with Crippen LogP contribution in [0.1, 0.15) is 67.9 Å². The van der Waals surface area contributed by atoms with Gasteiger partial charge in [-0.25, -0.2) is 8.42 Å². The molecule has 0 aliphatic heterocycles. The van der Waals surface area contributed by atoms with Crippen LogP contribution in [0.15, 0.2) is 133 Å². The molecule has 0 aromatic heterocycles. The fourth-order valence-corrected chi connectivity index (χ4v) is 6.40. The summed E-state index contributed by atoms with van der Waals surface area (Å²) in [5.41, 5.74) is 4.56. The van der Waals surface area contributed by atoms with Gasteiger partial charge in [-0.3, -0.25) is 9.59 Å². The summed E-state index contributed by atoms with van der Waals surface area (Å²) in [4.78, 5) is 26.1. The van der Waals surface area contributed by atoms with Crippen molar-refractivity contribution in [3.8, 4) is 34.5 Å². The summed E-state index contributed by atoms with van der Waals surface area (Å²) in [6.45, 7) is 7.76. The Morgan fingerprint density at radius 1 is 0.491 bits per heavy atom. The molecule has 0 N–H and O–H groups in total. The first-order valence-corrected chi connectivity index (χ1v) is 18.9. The summed E-state index contributed by atoms with van der Waals surface area (Å²) in [7, 11) is 0. The third kappa shape index (κ3) is 11.6. The summed E-state index contributed by atoms with van der Waals surface area (Å²) in [6.07, 6.45) is 0. The number of hydrogen-bond donors (Lipinski definition) is 0. The second kappa shape index (κ2) is 20.2. The van der Waals surface area contributed by atoms with Crippen molar-refractivity contribution >= 4 is 34.3 Å². The van der Waals surface area contributed by atoms with Gasteiger partial charge in [0.2, 0.25) is 0 Å². The molecule has 0 aliphatic rings. The van der Waals surface area contributed by atoms with E-state index >= 15 is 0 Å². The normalized spacial score (nSPS) is 11.9. The molecule has 0 amide bonds. The van der Waals surface area contributed by atoms with Gasteiger partial charge in [0.25, 0.3) is 0 Å². The van der Waals surface area contributed by atoms with Crippen molar-refractivity contribution in [2.75, 3.05) is 0 Å². The SMILES string of the molecule is Cc1ccc(C(=O)c2ccc(Oc3ccc(C(C)(C)c4ccc(Oc5ccc(C(=O)c6ccc(C)c(OS(=O)[O-])c6)cc5OS(=O)[O-])cc4)cc3)cc2)cc1.[Na+].[Na+]. The molecule has 0 saturated heterocycles. The van der Waals surface area contributed by atoms with Crippen LogP contribution in [0.2, 0.25) is 0 Å². The smallest absolute Gasteiger partial charge is 0.740 e. The molecule has 0 spiro atoms. The molecule has 0 radical (unpaired) electrons. The molecule has 0 aliphatic carbocycles. The van der Waals surface area contributed by atoms with Gasteiger partial charge in [0, 0.05) is 27.7 Å². The van der Waals surface area contributed by atoms with Crippen molar-refractivity contribution in [2.24, 2.45) is 0 Å². The van der Waals surface area contributed by atoms with Gasteiger partial charge in [-0.1, -0.05) is 80.1 Å². The van der Waals surface area contributed by atoms with E-state index < -0.39 is 33.9 Å². The third-order valence-electron chi connectivity index (χ3n) is 9.02. The van der Waals surface area contributed by atoms with Crippen LogP contribution in [0.3, 0.4) is 0 Å². The van der Waals surface area contributed by atoms with Crippen molar-refractivity contribution in [1.82, 2.24) is 0 Å². The zero-order valence-corrected chi connectivity index (χ0v) is 37.7. The van der Waals surface area contributed by atoms with Gasteiger partial charge in [0.05, 0.1) is 0 Å². The summed E-state index contributed by atoms with van der Waals surface area (Å²) in [6, 6.07) is 37.9. The number of ether oxygens (including phenoxy) is 2. The molecule has 0 heterocycles. The Bertz CT molecular complexity index is 2400. The van der Waals surface area contributed by atoms with Gasteiger partial charge >= 0.3 is 59.1 Å². The number of carbonyl (C=O) groups is 2. The largest absolute Gasteiger partial charge is 1.00 e. The zero-order valence-electron chi connectivity index (χ0n) is 32.1. The van der Waals surface area contributed by atoms with Gasteiger partial charge in [-0.2, -0.15) is 0 Å². The number of benzene rings is 6. The van der Waals surface area contributed by atoms with E-state index in [1.165, 1.54) is 36.4 Å². The molecule has 6 rings (SSSR count). The van der Waals surface area contributed by atoms with E-state index in [9.17, 15) is 27.1 Å². The monoisotopic (exact) mass is 820 g/mol. The van der Waals surface area contributed by atoms with E-state index in [1.807, 2.05) is 67.6 Å². The van der Waals surface area contributed by atoms with Crippen LogP contribution in [-0.2, 0) is 28.1 Å². The second-order valence-corrected chi connectivity index (χ2v) is 14.3. The Morgan fingerprint density at radius 3 is 1.39 bits per heavy atom. The molecule has 10 nitrogen and oxygen atoms in total. The first kappa shape index (κ1) is 45.8. The molecular weight excluding hydrogens is 787 g/mol. The van der Waals surface area contributed by atoms with Crippen LogP contribution >= 0.6 is 0 Å². The minimum atomic E-state index is -2.98. The van der Waals surface area contributed by atoms with Gasteiger partial charge in [-0.05, 0) is 103 Å². The first-order chi connectivity index (χ1) is 26.3. The Kier molecular flexibility index (Phi) is 16.2. The van der Waals surface area contributed by atoms with Crippen molar-refractivity contribution in [3.05, 3.63) is 178 Å². The van der Waals surface area contributed by atoms with Crippen molar-refractivity contribution in [3.63, 3.8) is 0 Å². The molecule has 14 heteroatoms. The van der Waals surface area contributed by atoms with E-state index in [-0.39, 0.29) is 93.3 Å². The average Bonchev–Trinajstić information content (AvgIpc) is 3.16. The van der Waals surface area contributed by atoms with Gasteiger partial charge in [-0.15, -0.1) is 0 Å². The zero-order chi connectivity index (χ0) is 39.3. The molecule has 280 valence electrons. The predicted molar refractivity (Wildman–Crippen MR) is 206 cm³/mol. The van der Waals surface area contributed by atoms with Gasteiger partial charge in [0.1, 0.15) is 45.7 Å². The summed E-state index contributed by atoms with van der Waals surface area (Å²) in [5, 5.41) is 0. The van der Waals surface area contributed by atoms with E-state index in [0.717, 1.165) is 16.7 Å². The van der Waals surface area contributed by atoms with Crippen molar-refractivity contribution < 1.29 is 104 Å². The van der Waals surface area contributed by atoms with Crippen LogP contribution in [0, 0.1) is 13.8 Å². The minimum Gasteiger partial charge on any atom is -0.740 e. The fourth-order valence-electron chi connectivity index (χ4n) is 5.80. The Hall–Kier alpha value is -3.92. The maximum Gasteiger partial charge on any atom is 1.00 e. The predicted octanol–water partition coefficient (Wildman–Crippen LogP) is 3.03. The van der Waals surface area contributed by atoms with E-state index in [2.05, 4.69) is 13.8 Å². The standard InChI is InChI=1S/C43H36O10S2.2Na/c1-27-5-8-29(9-6-27)41(44)30-11-18-35(19-12-30)50-36-20-14-33(15-21-36)43(3,4)34-16-22-37(23-17-34)51-38-24-13-32(26-40(38)53-55(48)49)42(45)31-10-7-28(2)39(25-31)52-54(46)47;;/h5-26H,1-4H3,(H,46,47)(H,48,49);;/q;2*+1/p-2. The number of carbonyl (C=O) groups excluding carboxylic acids is 2. The second-order valence-electron chi connectivity index (χ2n) is 13.1. The number of rotatable bonds is 14. The molecule has 0 saturated carbocycles. The molecule has 6 aromatic carbocycles. The average molecular weight is 821 g/mol. The number of aryl methyl sites for hydroxylation is 2. The van der Waals surface area contributed by atoms with Crippen LogP contribution in [0.25, 0.3) is 0 Å². The van der Waals surface area contributed by atoms with Crippen LogP contribution in [0.5, 0.6) is 34.5 Å². The summed E-state index contributed by atoms with van der Waals surface area (Å²) < 4.78 is 67.0. The quantitative estimate of drug-likeness (QED) is 0.0912. The maximum atomic E-state index is 13.3. The van der Waals surface area contributed by atoms with E-state index in [0.29, 0.717) is 33.9 Å². The van der Waals surface area contributed by atoms with Crippen LogP contribution < -0.4 is 77.0 Å². The van der Waals surface area contributed by atoms with E-state index in [1.54, 1.807) is 43.3 Å². The molecule has 0 bridgehead atoms. The van der Waals surface area contributed by atoms with Crippen LogP contribution in [0.4, 0.5) is 0 Å². The van der Waals surface area contributed by atoms with Crippen molar-refractivity contribution in [1.29, 1.82) is 0 Å². The molecule has 2 unspecified atom stereocenters. The number of ketones is 2. The molecule has 2 atom stereocenters. The van der Waals surface area contributed by atoms with Crippen LogP contribution in [-0.4, -0.2) is 29.1 Å². The fraction of sp³-hybridized carbons (Fsp3) is 0.116. The van der Waals surface area contributed by atoms with Gasteiger partial charge in [0.15, 0.2) is 23.1 Å². The Balaban J connectivity index is 0.00000360. The molecular formula is C43H34Na2O10S2. The summed E-state index contributed by atoms with van der Waals surface area (Å²) in [5.74, 6) is 0.865. The number of hydrogen-bond acceptors (Lipinski definition) is 10. The Morgan fingerprint density at radius 2 is 0.877 bits per heavy atom. The first-order valence-electron chi connectivity index (χ1n) is 16.9. The molecule has 6 aromatic rings. The molecule has 57 heavy (non-hydrogen) atoms. The molecule has 0 fully saturated rings. The topological polar surface area (TPSA) is 151 Å². The summed E-state index contributed by atoms with van der Waals surface area (Å²) >= 11 is -5.81. The van der Waals surface area contributed by atoms with Gasteiger partial charge < -0.3 is 26.9 Å². The minimum absolute atomic E-state index is 0. The maximum absolute atomic E-state index is 13.3. The van der Waals surface area contributed by atoms with Crippen molar-refractivity contribution in [2.45, 2.75) is 33.1 Å². The third-order valence-corrected chi connectivity index (χ3v) is 9.65. The van der Waals surface area contributed by atoms with E-state index in [4.69, 9.17) is 17.8 Å². The Labute approximate surface area is 380 Å².